The van der Waals surface area contributed by atoms with Gasteiger partial charge in [-0.15, -0.1) is 0 Å². The topological polar surface area (TPSA) is 142 Å². The summed E-state index contributed by atoms with van der Waals surface area (Å²) in [4.78, 5) is 24.3. The maximum atomic E-state index is 12.5. The highest BCUT2D eigenvalue weighted by Crippen LogP contribution is 2.15. The highest BCUT2D eigenvalue weighted by atomic mass is 32.2. The molecule has 0 fully saturated rings. The van der Waals surface area contributed by atoms with E-state index in [0.29, 0.717) is 0 Å². The largest absolute Gasteiger partial charge is 0.272 e. The lowest BCUT2D eigenvalue weighted by Crippen LogP contribution is -2.46. The molecular weight excluding hydrogens is 456 g/mol. The number of aryl methyl sites for hydroxylation is 1. The van der Waals surface area contributed by atoms with Gasteiger partial charge in [0.1, 0.15) is 0 Å². The second-order valence-corrected chi connectivity index (χ2v) is 11.1. The number of hydrazine groups is 1. The summed E-state index contributed by atoms with van der Waals surface area (Å²) >= 11 is 0. The molecular formula is C20H26N4O6S2. The molecule has 174 valence electrons. The van der Waals surface area contributed by atoms with E-state index in [9.17, 15) is 26.4 Å². The zero-order valence-electron chi connectivity index (χ0n) is 18.1. The molecule has 2 rings (SSSR count). The van der Waals surface area contributed by atoms with Crippen molar-refractivity contribution in [3.8, 4) is 0 Å². The maximum absolute atomic E-state index is 12.5. The van der Waals surface area contributed by atoms with Gasteiger partial charge in [-0.05, 0) is 57.2 Å². The number of nitrogens with one attached hydrogen (secondary N) is 3. The van der Waals surface area contributed by atoms with E-state index in [1.165, 1.54) is 43.4 Å². The Hall–Kier alpha value is -2.80. The van der Waals surface area contributed by atoms with E-state index >= 15 is 0 Å². The molecule has 0 aliphatic rings. The summed E-state index contributed by atoms with van der Waals surface area (Å²) in [5.74, 6) is -1.44. The van der Waals surface area contributed by atoms with Crippen LogP contribution in [0.25, 0.3) is 0 Å². The molecule has 0 aliphatic carbocycles. The van der Waals surface area contributed by atoms with Crippen LogP contribution in [0, 0.1) is 6.92 Å². The third-order valence-electron chi connectivity index (χ3n) is 4.23. The average molecular weight is 483 g/mol. The van der Waals surface area contributed by atoms with E-state index in [0.717, 1.165) is 9.87 Å². The predicted octanol–water partition coefficient (Wildman–Crippen LogP) is 0.763. The first-order valence-electron chi connectivity index (χ1n) is 9.57. The molecule has 2 amide bonds. The van der Waals surface area contributed by atoms with Gasteiger partial charge in [0.25, 0.3) is 11.8 Å². The Morgan fingerprint density at radius 2 is 1.41 bits per heavy atom. The molecule has 3 N–H and O–H groups in total. The molecule has 0 aromatic heterocycles. The summed E-state index contributed by atoms with van der Waals surface area (Å²) in [6, 6.07) is 11.0. The monoisotopic (exact) mass is 482 g/mol. The van der Waals surface area contributed by atoms with Crippen molar-refractivity contribution < 1.29 is 26.4 Å². The minimum Gasteiger partial charge on any atom is -0.272 e. The smallest absolute Gasteiger partial charge is 0.269 e. The lowest BCUT2D eigenvalue weighted by atomic mass is 10.2. The van der Waals surface area contributed by atoms with Gasteiger partial charge in [0.2, 0.25) is 20.0 Å². The summed E-state index contributed by atoms with van der Waals surface area (Å²) < 4.78 is 52.6. The number of hydrogen-bond acceptors (Lipinski definition) is 6. The van der Waals surface area contributed by atoms with Crippen LogP contribution in [0.1, 0.15) is 29.8 Å². The van der Waals surface area contributed by atoms with Crippen molar-refractivity contribution in [3.63, 3.8) is 0 Å². The number of sulfonamides is 2. The van der Waals surface area contributed by atoms with E-state index in [-0.39, 0.29) is 21.4 Å². The molecule has 0 unspecified atom stereocenters. The number of benzene rings is 2. The molecule has 0 atom stereocenters. The third-order valence-corrected chi connectivity index (χ3v) is 7.72. The minimum atomic E-state index is -3.87. The van der Waals surface area contributed by atoms with Gasteiger partial charge in [0.15, 0.2) is 0 Å². The van der Waals surface area contributed by atoms with Crippen molar-refractivity contribution in [2.75, 3.05) is 13.6 Å². The summed E-state index contributed by atoms with van der Waals surface area (Å²) in [5.41, 5.74) is 5.31. The molecule has 2 aromatic carbocycles. The van der Waals surface area contributed by atoms with Crippen LogP contribution in [-0.4, -0.2) is 52.6 Å². The predicted molar refractivity (Wildman–Crippen MR) is 119 cm³/mol. The van der Waals surface area contributed by atoms with Crippen molar-refractivity contribution in [3.05, 3.63) is 59.7 Å². The Morgan fingerprint density at radius 1 is 0.875 bits per heavy atom. The average Bonchev–Trinajstić information content (AvgIpc) is 2.71. The van der Waals surface area contributed by atoms with Crippen LogP contribution in [0.2, 0.25) is 0 Å². The lowest BCUT2D eigenvalue weighted by molar-refractivity contribution is -0.121. The molecule has 0 spiro atoms. The molecule has 2 aromatic rings. The van der Waals surface area contributed by atoms with Gasteiger partial charge < -0.3 is 0 Å². The van der Waals surface area contributed by atoms with Gasteiger partial charge in [0, 0.05) is 18.7 Å². The van der Waals surface area contributed by atoms with Gasteiger partial charge in [-0.25, -0.2) is 21.6 Å². The first-order chi connectivity index (χ1) is 14.8. The summed E-state index contributed by atoms with van der Waals surface area (Å²) in [5, 5.41) is 0. The Labute approximate surface area is 188 Å². The summed E-state index contributed by atoms with van der Waals surface area (Å²) in [6.07, 6.45) is 0. The zero-order valence-corrected chi connectivity index (χ0v) is 19.7. The van der Waals surface area contributed by atoms with Crippen LogP contribution >= 0.6 is 0 Å². The lowest BCUT2D eigenvalue weighted by Gasteiger charge is -2.17. The Bertz CT molecular complexity index is 1180. The Kier molecular flexibility index (Phi) is 8.13. The molecule has 0 saturated carbocycles. The molecule has 12 heteroatoms. The van der Waals surface area contributed by atoms with Crippen LogP contribution in [0.3, 0.4) is 0 Å². The first-order valence-corrected chi connectivity index (χ1v) is 12.5. The van der Waals surface area contributed by atoms with Gasteiger partial charge >= 0.3 is 0 Å². The number of rotatable bonds is 8. The van der Waals surface area contributed by atoms with Crippen molar-refractivity contribution >= 4 is 31.9 Å². The summed E-state index contributed by atoms with van der Waals surface area (Å²) in [7, 11) is -6.32. The van der Waals surface area contributed by atoms with E-state index < -0.39 is 38.4 Å². The Balaban J connectivity index is 1.95. The SMILES string of the molecule is Cc1ccc(S(=O)(=O)N(C)CC(=O)NNC(=O)c2ccc(S(=O)(=O)NC(C)C)cc2)cc1. The van der Waals surface area contributed by atoms with E-state index in [1.54, 1.807) is 26.0 Å². The fourth-order valence-corrected chi connectivity index (χ4v) is 4.96. The maximum Gasteiger partial charge on any atom is 0.269 e. The van der Waals surface area contributed by atoms with Crippen LogP contribution in [0.15, 0.2) is 58.3 Å². The number of carbonyl (C=O) groups excluding carboxylic acids is 2. The molecule has 0 bridgehead atoms. The number of likely N-dealkylation sites (N-methyl/N-ethyl adjacent to an activating group) is 1. The molecule has 0 heterocycles. The number of nitrogens with zero attached hydrogens (tertiary/aromatic N) is 1. The molecule has 0 aliphatic heterocycles. The highest BCUT2D eigenvalue weighted by molar-refractivity contribution is 7.89. The molecule has 0 radical (unpaired) electrons. The second kappa shape index (κ2) is 10.2. The van der Waals surface area contributed by atoms with Gasteiger partial charge in [-0.1, -0.05) is 17.7 Å². The first kappa shape index (κ1) is 25.5. The van der Waals surface area contributed by atoms with Crippen molar-refractivity contribution in [2.45, 2.75) is 36.6 Å². The third kappa shape index (κ3) is 6.60. The normalized spacial score (nSPS) is 12.1. The number of carbonyl (C=O) groups is 2. The van der Waals surface area contributed by atoms with Crippen molar-refractivity contribution in [1.82, 2.24) is 19.9 Å². The number of amides is 2. The fraction of sp³-hybridized carbons (Fsp3) is 0.300. The van der Waals surface area contributed by atoms with Crippen LogP contribution in [0.5, 0.6) is 0 Å². The summed E-state index contributed by atoms with van der Waals surface area (Å²) in [6.45, 7) is 4.68. The number of hydrogen-bond donors (Lipinski definition) is 3. The standard InChI is InChI=1S/C20H26N4O6S2/c1-14(2)23-31(27,28)17-11-7-16(8-12-17)20(26)22-21-19(25)13-24(4)32(29,30)18-9-5-15(3)6-10-18/h5-12,14,23H,13H2,1-4H3,(H,21,25)(H,22,26). The highest BCUT2D eigenvalue weighted by Gasteiger charge is 2.23. The Morgan fingerprint density at radius 3 is 1.94 bits per heavy atom. The van der Waals surface area contributed by atoms with Gasteiger partial charge in [0.05, 0.1) is 16.3 Å². The second-order valence-electron chi connectivity index (χ2n) is 7.38. The van der Waals surface area contributed by atoms with Crippen molar-refractivity contribution in [1.29, 1.82) is 0 Å². The minimum absolute atomic E-state index is 0.00489. The molecule has 10 nitrogen and oxygen atoms in total. The van der Waals surface area contributed by atoms with Crippen molar-refractivity contribution in [2.24, 2.45) is 0 Å². The van der Waals surface area contributed by atoms with Crippen LogP contribution < -0.4 is 15.6 Å². The van der Waals surface area contributed by atoms with Gasteiger partial charge in [-0.3, -0.25) is 20.4 Å². The molecule has 32 heavy (non-hydrogen) atoms. The quantitative estimate of drug-likeness (QED) is 0.475. The van der Waals surface area contributed by atoms with E-state index in [2.05, 4.69) is 15.6 Å². The zero-order chi connectivity index (χ0) is 24.1. The molecule has 0 saturated heterocycles. The van der Waals surface area contributed by atoms with Gasteiger partial charge in [-0.2, -0.15) is 4.31 Å². The van der Waals surface area contributed by atoms with Crippen LogP contribution in [0.4, 0.5) is 0 Å². The van der Waals surface area contributed by atoms with Crippen LogP contribution in [-0.2, 0) is 24.8 Å². The fourth-order valence-electron chi connectivity index (χ4n) is 2.58. The van der Waals surface area contributed by atoms with E-state index in [1.807, 2.05) is 6.92 Å². The van der Waals surface area contributed by atoms with E-state index in [4.69, 9.17) is 0 Å².